The first-order valence-electron chi connectivity index (χ1n) is 6.85. The number of carboxylic acid groups (broad SMARTS) is 1. The Balaban J connectivity index is 1.93. The number of hydrogen-bond donors (Lipinski definition) is 1. The van der Waals surface area contributed by atoms with Crippen LogP contribution in [-0.2, 0) is 9.59 Å². The van der Waals surface area contributed by atoms with Crippen molar-refractivity contribution >= 4 is 11.9 Å². The average Bonchev–Trinajstić information content (AvgIpc) is 2.89. The van der Waals surface area contributed by atoms with Gasteiger partial charge in [-0.05, 0) is 38.5 Å². The summed E-state index contributed by atoms with van der Waals surface area (Å²) < 4.78 is 0. The Kier molecular flexibility index (Phi) is 4.39. The van der Waals surface area contributed by atoms with Gasteiger partial charge in [0.05, 0.1) is 0 Å². The molecular formula is C14H21NO3. The lowest BCUT2D eigenvalue weighted by atomic mass is 9.95. The van der Waals surface area contributed by atoms with Crippen LogP contribution in [0.2, 0.25) is 0 Å². The monoisotopic (exact) mass is 251 g/mol. The molecule has 0 saturated carbocycles. The molecule has 100 valence electrons. The Morgan fingerprint density at radius 1 is 1.22 bits per heavy atom. The van der Waals surface area contributed by atoms with E-state index in [1.54, 1.807) is 0 Å². The number of carbonyl (C=O) groups is 2. The molecule has 1 aliphatic carbocycles. The first-order valence-corrected chi connectivity index (χ1v) is 6.85. The Labute approximate surface area is 108 Å². The molecule has 0 bridgehead atoms. The second-order valence-corrected chi connectivity index (χ2v) is 5.25. The number of allylic oxidation sites excluding steroid dienone is 2. The van der Waals surface area contributed by atoms with Crippen LogP contribution in [0.3, 0.4) is 0 Å². The molecule has 0 aromatic rings. The number of likely N-dealkylation sites (tertiary alicyclic amines) is 1. The Hall–Kier alpha value is -1.32. The molecule has 4 heteroatoms. The first-order chi connectivity index (χ1) is 8.68. The zero-order chi connectivity index (χ0) is 13.0. The maximum Gasteiger partial charge on any atom is 0.303 e. The van der Waals surface area contributed by atoms with Crippen LogP contribution in [0.5, 0.6) is 0 Å². The van der Waals surface area contributed by atoms with E-state index in [1.165, 1.54) is 0 Å². The van der Waals surface area contributed by atoms with E-state index in [9.17, 15) is 9.59 Å². The topological polar surface area (TPSA) is 57.6 Å². The van der Waals surface area contributed by atoms with E-state index in [4.69, 9.17) is 5.11 Å². The molecule has 1 aliphatic heterocycles. The molecule has 0 radical (unpaired) electrons. The van der Waals surface area contributed by atoms with Gasteiger partial charge in [-0.1, -0.05) is 12.2 Å². The van der Waals surface area contributed by atoms with Crippen molar-refractivity contribution in [3.8, 4) is 0 Å². The highest BCUT2D eigenvalue weighted by molar-refractivity contribution is 5.80. The van der Waals surface area contributed by atoms with Crippen LogP contribution in [0.15, 0.2) is 12.2 Å². The van der Waals surface area contributed by atoms with E-state index in [1.807, 2.05) is 4.90 Å². The Morgan fingerprint density at radius 3 is 2.61 bits per heavy atom. The molecule has 1 saturated heterocycles. The molecule has 1 fully saturated rings. The zero-order valence-corrected chi connectivity index (χ0v) is 10.7. The normalized spacial score (nSPS) is 24.4. The first kappa shape index (κ1) is 13.1. The maximum atomic E-state index is 12.4. The molecule has 0 unspecified atom stereocenters. The summed E-state index contributed by atoms with van der Waals surface area (Å²) >= 11 is 0. The van der Waals surface area contributed by atoms with Crippen molar-refractivity contribution < 1.29 is 14.7 Å². The van der Waals surface area contributed by atoms with Gasteiger partial charge in [0.25, 0.3) is 0 Å². The number of carbonyl (C=O) groups excluding carboxylic acids is 1. The fourth-order valence-electron chi connectivity index (χ4n) is 2.93. The lowest BCUT2D eigenvalue weighted by Crippen LogP contribution is -2.46. The summed E-state index contributed by atoms with van der Waals surface area (Å²) in [7, 11) is 0. The fraction of sp³-hybridized carbons (Fsp3) is 0.714. The van der Waals surface area contributed by atoms with Crippen LogP contribution < -0.4 is 0 Å². The van der Waals surface area contributed by atoms with Crippen LogP contribution in [0.1, 0.15) is 44.9 Å². The second kappa shape index (κ2) is 6.03. The van der Waals surface area contributed by atoms with E-state index < -0.39 is 5.97 Å². The predicted octanol–water partition coefficient (Wildman–Crippen LogP) is 2.20. The highest BCUT2D eigenvalue weighted by Crippen LogP contribution is 2.27. The van der Waals surface area contributed by atoms with Gasteiger partial charge < -0.3 is 10.0 Å². The van der Waals surface area contributed by atoms with Crippen molar-refractivity contribution in [2.45, 2.75) is 51.0 Å². The third kappa shape index (κ3) is 3.12. The van der Waals surface area contributed by atoms with Crippen molar-refractivity contribution in [1.29, 1.82) is 0 Å². The van der Waals surface area contributed by atoms with Gasteiger partial charge >= 0.3 is 5.97 Å². The molecule has 1 N–H and O–H groups in total. The third-order valence-corrected chi connectivity index (χ3v) is 3.96. The van der Waals surface area contributed by atoms with E-state index in [0.29, 0.717) is 6.42 Å². The van der Waals surface area contributed by atoms with E-state index >= 15 is 0 Å². The van der Waals surface area contributed by atoms with Crippen molar-refractivity contribution in [3.05, 3.63) is 12.2 Å². The number of rotatable bonds is 4. The molecule has 1 heterocycles. The van der Waals surface area contributed by atoms with Crippen molar-refractivity contribution in [2.24, 2.45) is 5.92 Å². The summed E-state index contributed by atoms with van der Waals surface area (Å²) in [6.07, 6.45) is 9.71. The fourth-order valence-corrected chi connectivity index (χ4v) is 2.93. The summed E-state index contributed by atoms with van der Waals surface area (Å²) in [5.74, 6) is -0.430. The van der Waals surface area contributed by atoms with Gasteiger partial charge in [-0.15, -0.1) is 0 Å². The number of hydrogen-bond acceptors (Lipinski definition) is 2. The molecule has 2 aliphatic rings. The van der Waals surface area contributed by atoms with Gasteiger partial charge in [0, 0.05) is 24.9 Å². The largest absolute Gasteiger partial charge is 0.481 e. The minimum atomic E-state index is -0.768. The zero-order valence-electron chi connectivity index (χ0n) is 10.7. The summed E-state index contributed by atoms with van der Waals surface area (Å²) in [6, 6.07) is 0.142. The molecule has 1 atom stereocenters. The molecule has 1 amide bonds. The van der Waals surface area contributed by atoms with Gasteiger partial charge in [0.15, 0.2) is 0 Å². The number of amides is 1. The summed E-state index contributed by atoms with van der Waals surface area (Å²) in [5.41, 5.74) is 0. The van der Waals surface area contributed by atoms with Crippen molar-refractivity contribution in [3.63, 3.8) is 0 Å². The quantitative estimate of drug-likeness (QED) is 0.779. The highest BCUT2D eigenvalue weighted by atomic mass is 16.4. The van der Waals surface area contributed by atoms with Gasteiger partial charge in [0.2, 0.25) is 5.91 Å². The third-order valence-electron chi connectivity index (χ3n) is 3.96. The van der Waals surface area contributed by atoms with Crippen LogP contribution in [0.25, 0.3) is 0 Å². The average molecular weight is 251 g/mol. The minimum absolute atomic E-state index is 0.107. The maximum absolute atomic E-state index is 12.4. The molecule has 18 heavy (non-hydrogen) atoms. The lowest BCUT2D eigenvalue weighted by Gasteiger charge is -2.37. The summed E-state index contributed by atoms with van der Waals surface area (Å²) in [6.45, 7) is 0.805. The Morgan fingerprint density at radius 2 is 1.94 bits per heavy atom. The van der Waals surface area contributed by atoms with Gasteiger partial charge in [-0.25, -0.2) is 0 Å². The highest BCUT2D eigenvalue weighted by Gasteiger charge is 2.31. The minimum Gasteiger partial charge on any atom is -0.481 e. The molecule has 0 spiro atoms. The summed E-state index contributed by atoms with van der Waals surface area (Å²) in [4.78, 5) is 25.0. The van der Waals surface area contributed by atoms with Crippen LogP contribution in [0.4, 0.5) is 0 Å². The van der Waals surface area contributed by atoms with E-state index in [2.05, 4.69) is 12.2 Å². The Bertz CT molecular complexity index is 343. The number of carboxylic acids is 1. The van der Waals surface area contributed by atoms with E-state index in [-0.39, 0.29) is 24.3 Å². The van der Waals surface area contributed by atoms with Gasteiger partial charge in [0.1, 0.15) is 0 Å². The molecule has 0 aromatic heterocycles. The lowest BCUT2D eigenvalue weighted by molar-refractivity contribution is -0.142. The molecule has 4 nitrogen and oxygen atoms in total. The number of aliphatic carboxylic acids is 1. The van der Waals surface area contributed by atoms with Crippen LogP contribution in [-0.4, -0.2) is 34.5 Å². The molecule has 2 rings (SSSR count). The number of piperidine rings is 1. The molecule has 0 aromatic carbocycles. The van der Waals surface area contributed by atoms with Gasteiger partial charge in [-0.2, -0.15) is 0 Å². The van der Waals surface area contributed by atoms with Crippen molar-refractivity contribution in [2.75, 3.05) is 6.54 Å². The van der Waals surface area contributed by atoms with Crippen LogP contribution >= 0.6 is 0 Å². The van der Waals surface area contributed by atoms with E-state index in [0.717, 1.165) is 38.6 Å². The summed E-state index contributed by atoms with van der Waals surface area (Å²) in [5, 5.41) is 8.77. The van der Waals surface area contributed by atoms with Crippen LogP contribution in [0, 0.1) is 5.92 Å². The smallest absolute Gasteiger partial charge is 0.303 e. The number of nitrogens with zero attached hydrogens (tertiary/aromatic N) is 1. The SMILES string of the molecule is O=C(O)CC[C@H]1CCCCN1C(=O)C1CC=CC1. The standard InChI is InChI=1S/C14H21NO3/c16-13(17)9-8-12-7-3-4-10-15(12)14(18)11-5-1-2-6-11/h1-2,11-12H,3-10H2,(H,16,17)/t12-/m1/s1. The van der Waals surface area contributed by atoms with Gasteiger partial charge in [-0.3, -0.25) is 9.59 Å². The molecular weight excluding hydrogens is 230 g/mol. The second-order valence-electron chi connectivity index (χ2n) is 5.25. The van der Waals surface area contributed by atoms with Crippen molar-refractivity contribution in [1.82, 2.24) is 4.90 Å². The predicted molar refractivity (Wildman–Crippen MR) is 68.1 cm³/mol.